The molecule has 0 radical (unpaired) electrons. The molecule has 2 fully saturated rings. The van der Waals surface area contributed by atoms with Gasteiger partial charge in [0.2, 0.25) is 5.91 Å². The predicted octanol–water partition coefficient (Wildman–Crippen LogP) is 4.33. The van der Waals surface area contributed by atoms with Gasteiger partial charge in [0.1, 0.15) is 5.60 Å². The summed E-state index contributed by atoms with van der Waals surface area (Å²) in [6.07, 6.45) is 3.43. The van der Waals surface area contributed by atoms with Crippen LogP contribution >= 0.6 is 0 Å². The van der Waals surface area contributed by atoms with Gasteiger partial charge in [-0.25, -0.2) is 4.79 Å². The lowest BCUT2D eigenvalue weighted by Gasteiger charge is -2.34. The second-order valence-electron chi connectivity index (χ2n) is 11.0. The Morgan fingerprint density at radius 2 is 1.84 bits per heavy atom. The van der Waals surface area contributed by atoms with Crippen LogP contribution in [0.1, 0.15) is 63.3 Å². The Bertz CT molecular complexity index is 1070. The molecule has 0 spiro atoms. The van der Waals surface area contributed by atoms with E-state index in [4.69, 9.17) is 14.5 Å². The van der Waals surface area contributed by atoms with Gasteiger partial charge in [0.05, 0.1) is 18.9 Å². The number of morpholine rings is 1. The minimum Gasteiger partial charge on any atom is -0.444 e. The first-order chi connectivity index (χ1) is 17.7. The van der Waals surface area contributed by atoms with E-state index in [1.807, 2.05) is 31.9 Å². The van der Waals surface area contributed by atoms with E-state index >= 15 is 0 Å². The number of benzene rings is 1. The lowest BCUT2D eigenvalue weighted by Crippen LogP contribution is -2.42. The lowest BCUT2D eigenvalue weighted by atomic mass is 9.88. The van der Waals surface area contributed by atoms with Gasteiger partial charge in [-0.05, 0) is 56.4 Å². The average Bonchev–Trinajstić information content (AvgIpc) is 2.87. The van der Waals surface area contributed by atoms with Crippen molar-refractivity contribution in [2.45, 2.75) is 65.1 Å². The van der Waals surface area contributed by atoms with E-state index in [2.05, 4.69) is 40.5 Å². The summed E-state index contributed by atoms with van der Waals surface area (Å²) in [6, 6.07) is 10.8. The number of carbonyl (C=O) groups is 2. The third-order valence-electron chi connectivity index (χ3n) is 6.75. The second kappa shape index (κ2) is 12.0. The number of nitrogens with one attached hydrogen (secondary N) is 1. The Morgan fingerprint density at radius 1 is 1.11 bits per heavy atom. The fourth-order valence-electron chi connectivity index (χ4n) is 4.90. The molecule has 1 atom stereocenters. The average molecular weight is 509 g/mol. The molecule has 0 aliphatic carbocycles. The molecule has 1 aromatic heterocycles. The zero-order chi connectivity index (χ0) is 26.4. The van der Waals surface area contributed by atoms with Crippen molar-refractivity contribution in [2.75, 3.05) is 39.4 Å². The second-order valence-corrected chi connectivity index (χ2v) is 11.0. The monoisotopic (exact) mass is 508 g/mol. The minimum absolute atomic E-state index is 0.0709. The summed E-state index contributed by atoms with van der Waals surface area (Å²) < 4.78 is 11.1. The zero-order valence-corrected chi connectivity index (χ0v) is 22.6. The van der Waals surface area contributed by atoms with Crippen molar-refractivity contribution in [1.29, 1.82) is 0 Å². The van der Waals surface area contributed by atoms with Gasteiger partial charge in [-0.3, -0.25) is 14.7 Å². The number of pyridine rings is 1. The van der Waals surface area contributed by atoms with E-state index in [9.17, 15) is 9.59 Å². The first kappa shape index (κ1) is 27.1. The Kier molecular flexibility index (Phi) is 8.82. The lowest BCUT2D eigenvalue weighted by molar-refractivity contribution is -0.119. The van der Waals surface area contributed by atoms with E-state index in [1.54, 1.807) is 0 Å². The van der Waals surface area contributed by atoms with Crippen LogP contribution in [0, 0.1) is 0 Å². The smallest absolute Gasteiger partial charge is 0.410 e. The molecule has 4 rings (SSSR count). The molecule has 1 N–H and O–H groups in total. The number of amides is 2. The molecular weight excluding hydrogens is 468 g/mol. The highest BCUT2D eigenvalue weighted by molar-refractivity contribution is 5.73. The Balaban J connectivity index is 1.57. The highest BCUT2D eigenvalue weighted by Gasteiger charge is 2.30. The maximum absolute atomic E-state index is 12.8. The molecule has 8 nitrogen and oxygen atoms in total. The molecule has 2 aliphatic rings. The van der Waals surface area contributed by atoms with E-state index in [1.165, 1.54) is 12.5 Å². The molecule has 2 aromatic rings. The van der Waals surface area contributed by atoms with Gasteiger partial charge in [0.25, 0.3) is 0 Å². The molecule has 2 aliphatic heterocycles. The standard InChI is InChI=1S/C29H40N4O4/c1-21(34)30-17-23-16-26(24-9-7-22(8-10-24)19-32-12-14-36-15-13-32)27(31-18-23)25-6-5-11-33(20-25)28(35)37-29(2,3)4/h7-10,16,18,25H,5-6,11-15,17,19-20H2,1-4H3,(H,30,34). The number of ether oxygens (including phenoxy) is 2. The highest BCUT2D eigenvalue weighted by atomic mass is 16.6. The third-order valence-corrected chi connectivity index (χ3v) is 6.75. The van der Waals surface area contributed by atoms with Crippen LogP contribution in [0.4, 0.5) is 4.79 Å². The van der Waals surface area contributed by atoms with Gasteiger partial charge in [0, 0.05) is 63.9 Å². The largest absolute Gasteiger partial charge is 0.444 e. The Morgan fingerprint density at radius 3 is 2.51 bits per heavy atom. The number of piperidine rings is 1. The fraction of sp³-hybridized carbons (Fsp3) is 0.552. The van der Waals surface area contributed by atoms with Crippen LogP contribution in [0.3, 0.4) is 0 Å². The number of hydrogen-bond acceptors (Lipinski definition) is 6. The van der Waals surface area contributed by atoms with Gasteiger partial charge in [0.15, 0.2) is 0 Å². The molecule has 200 valence electrons. The molecule has 37 heavy (non-hydrogen) atoms. The van der Waals surface area contributed by atoms with Crippen LogP contribution < -0.4 is 5.32 Å². The van der Waals surface area contributed by atoms with Crippen molar-refractivity contribution >= 4 is 12.0 Å². The minimum atomic E-state index is -0.526. The summed E-state index contributed by atoms with van der Waals surface area (Å²) in [5, 5.41) is 2.87. The molecule has 1 unspecified atom stereocenters. The van der Waals surface area contributed by atoms with Gasteiger partial charge in [-0.1, -0.05) is 24.3 Å². The normalized spacial score (nSPS) is 18.9. The fourth-order valence-corrected chi connectivity index (χ4v) is 4.90. The molecule has 1 aromatic carbocycles. The van der Waals surface area contributed by atoms with Crippen LogP contribution in [0.2, 0.25) is 0 Å². The topological polar surface area (TPSA) is 84.0 Å². The number of rotatable bonds is 6. The highest BCUT2D eigenvalue weighted by Crippen LogP contribution is 2.34. The van der Waals surface area contributed by atoms with Gasteiger partial charge >= 0.3 is 6.09 Å². The molecule has 0 bridgehead atoms. The summed E-state index contributed by atoms with van der Waals surface area (Å²) in [5.41, 5.74) is 4.82. The van der Waals surface area contributed by atoms with Gasteiger partial charge < -0.3 is 19.7 Å². The SMILES string of the molecule is CC(=O)NCc1cnc(C2CCCN(C(=O)OC(C)(C)C)C2)c(-c2ccc(CN3CCOCC3)cc2)c1. The number of hydrogen-bond donors (Lipinski definition) is 1. The first-order valence-corrected chi connectivity index (χ1v) is 13.3. The maximum atomic E-state index is 12.8. The summed E-state index contributed by atoms with van der Waals surface area (Å²) >= 11 is 0. The number of aromatic nitrogens is 1. The zero-order valence-electron chi connectivity index (χ0n) is 22.6. The molecule has 0 saturated carbocycles. The van der Waals surface area contributed by atoms with E-state index in [0.29, 0.717) is 19.6 Å². The summed E-state index contributed by atoms with van der Waals surface area (Å²) in [7, 11) is 0. The van der Waals surface area contributed by atoms with Crippen LogP contribution in [-0.2, 0) is 27.4 Å². The van der Waals surface area contributed by atoms with E-state index < -0.39 is 5.60 Å². The van der Waals surface area contributed by atoms with Crippen LogP contribution in [0.25, 0.3) is 11.1 Å². The summed E-state index contributed by atoms with van der Waals surface area (Å²) in [5.74, 6) is 0.0393. The third kappa shape index (κ3) is 7.76. The first-order valence-electron chi connectivity index (χ1n) is 13.3. The molecule has 2 saturated heterocycles. The molecule has 3 heterocycles. The summed E-state index contributed by atoms with van der Waals surface area (Å²) in [6.45, 7) is 13.3. The van der Waals surface area contributed by atoms with Crippen molar-refractivity contribution < 1.29 is 19.1 Å². The van der Waals surface area contributed by atoms with Crippen molar-refractivity contribution in [3.8, 4) is 11.1 Å². The Labute approximate surface area is 220 Å². The molecular formula is C29H40N4O4. The predicted molar refractivity (Wildman–Crippen MR) is 143 cm³/mol. The summed E-state index contributed by atoms with van der Waals surface area (Å²) in [4.78, 5) is 33.4. The maximum Gasteiger partial charge on any atom is 0.410 e. The van der Waals surface area contributed by atoms with Crippen LogP contribution in [-0.4, -0.2) is 71.8 Å². The van der Waals surface area contributed by atoms with Crippen LogP contribution in [0.5, 0.6) is 0 Å². The molecule has 2 amide bonds. The van der Waals surface area contributed by atoms with Crippen molar-refractivity contribution in [3.63, 3.8) is 0 Å². The number of carbonyl (C=O) groups excluding carboxylic acids is 2. The number of nitrogens with zero attached hydrogens (tertiary/aromatic N) is 3. The van der Waals surface area contributed by atoms with E-state index in [-0.39, 0.29) is 17.9 Å². The van der Waals surface area contributed by atoms with Gasteiger partial charge in [-0.15, -0.1) is 0 Å². The number of likely N-dealkylation sites (tertiary alicyclic amines) is 1. The van der Waals surface area contributed by atoms with Crippen molar-refractivity contribution in [2.24, 2.45) is 0 Å². The van der Waals surface area contributed by atoms with Crippen molar-refractivity contribution in [1.82, 2.24) is 20.1 Å². The Hall–Kier alpha value is -2.97. The van der Waals surface area contributed by atoms with Gasteiger partial charge in [-0.2, -0.15) is 0 Å². The quantitative estimate of drug-likeness (QED) is 0.625. The molecule has 8 heteroatoms. The van der Waals surface area contributed by atoms with Crippen LogP contribution in [0.15, 0.2) is 36.5 Å². The van der Waals surface area contributed by atoms with E-state index in [0.717, 1.165) is 68.1 Å². The van der Waals surface area contributed by atoms with Crippen molar-refractivity contribution in [3.05, 3.63) is 53.3 Å².